The van der Waals surface area contributed by atoms with Gasteiger partial charge in [0.15, 0.2) is 0 Å². The average Bonchev–Trinajstić information content (AvgIpc) is 2.55. The van der Waals surface area contributed by atoms with Gasteiger partial charge < -0.3 is 11.1 Å². The van der Waals surface area contributed by atoms with Crippen molar-refractivity contribution >= 4 is 11.6 Å². The summed E-state index contributed by atoms with van der Waals surface area (Å²) in [7, 11) is 0. The summed E-state index contributed by atoms with van der Waals surface area (Å²) in [6, 6.07) is 14.5. The molecule has 2 aromatic carbocycles. The van der Waals surface area contributed by atoms with Gasteiger partial charge >= 0.3 is 0 Å². The summed E-state index contributed by atoms with van der Waals surface area (Å²) in [6.45, 7) is 0.819. The summed E-state index contributed by atoms with van der Waals surface area (Å²) in [5.74, 6) is -0.384. The van der Waals surface area contributed by atoms with Gasteiger partial charge in [0, 0.05) is 12.1 Å². The Kier molecular flexibility index (Phi) is 5.82. The van der Waals surface area contributed by atoms with Crippen LogP contribution in [0.3, 0.4) is 0 Å². The third kappa shape index (κ3) is 4.89. The van der Waals surface area contributed by atoms with Crippen molar-refractivity contribution in [2.45, 2.75) is 12.8 Å². The molecule has 0 fully saturated rings. The average molecular weight is 313 g/mol. The predicted octanol–water partition coefficient (Wildman–Crippen LogP) is 2.27. The van der Waals surface area contributed by atoms with E-state index in [-0.39, 0.29) is 23.1 Å². The quantitative estimate of drug-likeness (QED) is 0.443. The van der Waals surface area contributed by atoms with Crippen molar-refractivity contribution in [3.63, 3.8) is 0 Å². The number of carbonyl (C=O) groups excluding carboxylic acids is 1. The fourth-order valence-corrected chi connectivity index (χ4v) is 2.40. The maximum Gasteiger partial charge on any atom is 0.270 e. The van der Waals surface area contributed by atoms with Crippen molar-refractivity contribution in [1.29, 1.82) is 0 Å². The van der Waals surface area contributed by atoms with Crippen molar-refractivity contribution in [2.24, 2.45) is 5.73 Å². The van der Waals surface area contributed by atoms with Crippen molar-refractivity contribution < 1.29 is 9.72 Å². The van der Waals surface area contributed by atoms with E-state index in [2.05, 4.69) is 5.32 Å². The number of aryl methyl sites for hydroxylation is 1. The van der Waals surface area contributed by atoms with Crippen LogP contribution in [-0.2, 0) is 11.2 Å². The Balaban J connectivity index is 2.15. The maximum absolute atomic E-state index is 11.0. The van der Waals surface area contributed by atoms with Crippen molar-refractivity contribution in [3.05, 3.63) is 64.2 Å². The molecular weight excluding hydrogens is 294 g/mol. The van der Waals surface area contributed by atoms with Gasteiger partial charge in [-0.3, -0.25) is 14.9 Å². The van der Waals surface area contributed by atoms with Crippen LogP contribution in [0, 0.1) is 10.1 Å². The Morgan fingerprint density at radius 3 is 2.57 bits per heavy atom. The predicted molar refractivity (Wildman–Crippen MR) is 88.9 cm³/mol. The number of nitrogens with zero attached hydrogens (tertiary/aromatic N) is 1. The molecule has 0 aromatic heterocycles. The van der Waals surface area contributed by atoms with Crippen LogP contribution < -0.4 is 11.1 Å². The molecule has 0 saturated heterocycles. The van der Waals surface area contributed by atoms with E-state index >= 15 is 0 Å². The third-order valence-electron chi connectivity index (χ3n) is 3.49. The van der Waals surface area contributed by atoms with Gasteiger partial charge in [-0.25, -0.2) is 0 Å². The van der Waals surface area contributed by atoms with Gasteiger partial charge in [0.05, 0.1) is 11.5 Å². The van der Waals surface area contributed by atoms with Crippen molar-refractivity contribution in [2.75, 3.05) is 13.1 Å². The fourth-order valence-electron chi connectivity index (χ4n) is 2.40. The number of amides is 1. The van der Waals surface area contributed by atoms with E-state index < -0.39 is 0 Å². The summed E-state index contributed by atoms with van der Waals surface area (Å²) < 4.78 is 0. The number of carbonyl (C=O) groups is 1. The van der Waals surface area contributed by atoms with E-state index in [1.165, 1.54) is 6.07 Å². The summed E-state index contributed by atoms with van der Waals surface area (Å²) in [6.07, 6.45) is 1.57. The fraction of sp³-hybridized carbons (Fsp3) is 0.235. The molecule has 0 heterocycles. The van der Waals surface area contributed by atoms with Crippen LogP contribution in [0.1, 0.15) is 12.0 Å². The minimum absolute atomic E-state index is 0.0828. The molecule has 120 valence electrons. The summed E-state index contributed by atoms with van der Waals surface area (Å²) >= 11 is 0. The summed E-state index contributed by atoms with van der Waals surface area (Å²) in [5.41, 5.74) is 8.02. The molecule has 2 rings (SSSR count). The van der Waals surface area contributed by atoms with E-state index in [1.807, 2.05) is 30.3 Å². The number of nitro benzene ring substituents is 1. The highest BCUT2D eigenvalue weighted by molar-refractivity contribution is 5.75. The zero-order valence-electron chi connectivity index (χ0n) is 12.7. The lowest BCUT2D eigenvalue weighted by Crippen LogP contribution is -2.29. The van der Waals surface area contributed by atoms with Gasteiger partial charge in [-0.15, -0.1) is 0 Å². The molecule has 0 spiro atoms. The van der Waals surface area contributed by atoms with Crippen LogP contribution in [0.2, 0.25) is 0 Å². The van der Waals surface area contributed by atoms with E-state index in [4.69, 9.17) is 5.73 Å². The Hall–Kier alpha value is -2.73. The lowest BCUT2D eigenvalue weighted by Gasteiger charge is -2.10. The lowest BCUT2D eigenvalue weighted by atomic mass is 9.96. The van der Waals surface area contributed by atoms with Gasteiger partial charge in [-0.05, 0) is 36.1 Å². The van der Waals surface area contributed by atoms with Crippen LogP contribution in [0.4, 0.5) is 5.69 Å². The van der Waals surface area contributed by atoms with Crippen LogP contribution in [0.5, 0.6) is 0 Å². The van der Waals surface area contributed by atoms with Gasteiger partial charge in [-0.1, -0.05) is 36.4 Å². The first kappa shape index (κ1) is 16.6. The molecule has 0 aliphatic carbocycles. The molecule has 0 atom stereocenters. The largest absolute Gasteiger partial charge is 0.369 e. The molecule has 6 nitrogen and oxygen atoms in total. The molecule has 6 heteroatoms. The van der Waals surface area contributed by atoms with Gasteiger partial charge in [-0.2, -0.15) is 0 Å². The number of benzene rings is 2. The molecule has 2 aromatic rings. The minimum Gasteiger partial charge on any atom is -0.369 e. The molecule has 0 saturated carbocycles. The Morgan fingerprint density at radius 1 is 1.17 bits per heavy atom. The second kappa shape index (κ2) is 8.05. The molecule has 0 aliphatic rings. The van der Waals surface area contributed by atoms with Crippen LogP contribution in [-0.4, -0.2) is 23.9 Å². The molecule has 0 radical (unpaired) electrons. The third-order valence-corrected chi connectivity index (χ3v) is 3.49. The second-order valence-electron chi connectivity index (χ2n) is 5.21. The van der Waals surface area contributed by atoms with Gasteiger partial charge in [0.25, 0.3) is 5.69 Å². The molecule has 0 aliphatic heterocycles. The number of nitrogens with two attached hydrogens (primary N) is 1. The topological polar surface area (TPSA) is 98.3 Å². The molecule has 0 unspecified atom stereocenters. The van der Waals surface area contributed by atoms with Gasteiger partial charge in [0.2, 0.25) is 5.91 Å². The maximum atomic E-state index is 11.0. The Labute approximate surface area is 134 Å². The van der Waals surface area contributed by atoms with Crippen LogP contribution >= 0.6 is 0 Å². The van der Waals surface area contributed by atoms with E-state index in [1.54, 1.807) is 12.1 Å². The first-order chi connectivity index (χ1) is 11.1. The van der Waals surface area contributed by atoms with E-state index in [0.29, 0.717) is 6.54 Å². The summed E-state index contributed by atoms with van der Waals surface area (Å²) in [4.78, 5) is 21.3. The zero-order valence-corrected chi connectivity index (χ0v) is 12.7. The van der Waals surface area contributed by atoms with Crippen LogP contribution in [0.15, 0.2) is 48.5 Å². The molecule has 3 N–H and O–H groups in total. The van der Waals surface area contributed by atoms with Crippen molar-refractivity contribution in [1.82, 2.24) is 5.32 Å². The smallest absolute Gasteiger partial charge is 0.270 e. The molecule has 23 heavy (non-hydrogen) atoms. The van der Waals surface area contributed by atoms with E-state index in [9.17, 15) is 14.9 Å². The Morgan fingerprint density at radius 2 is 1.91 bits per heavy atom. The first-order valence-corrected chi connectivity index (χ1v) is 7.39. The standard InChI is InChI=1S/C17H19N3O3/c18-17(21)12-19-10-4-7-14-8-9-15(20(22)23)11-16(14)13-5-2-1-3-6-13/h1-3,5-6,8-9,11,19H,4,7,10,12H2,(H2,18,21). The minimum atomic E-state index is -0.384. The lowest BCUT2D eigenvalue weighted by molar-refractivity contribution is -0.384. The van der Waals surface area contributed by atoms with Crippen molar-refractivity contribution in [3.8, 4) is 11.1 Å². The van der Waals surface area contributed by atoms with Crippen LogP contribution in [0.25, 0.3) is 11.1 Å². The highest BCUT2D eigenvalue weighted by atomic mass is 16.6. The number of hydrogen-bond donors (Lipinski definition) is 2. The first-order valence-electron chi connectivity index (χ1n) is 7.39. The SMILES string of the molecule is NC(=O)CNCCCc1ccc([N+](=O)[O-])cc1-c1ccccc1. The summed E-state index contributed by atoms with van der Waals surface area (Å²) in [5, 5.41) is 14.0. The number of nitro groups is 1. The van der Waals surface area contributed by atoms with Gasteiger partial charge in [0.1, 0.15) is 0 Å². The highest BCUT2D eigenvalue weighted by Gasteiger charge is 2.12. The molecule has 0 bridgehead atoms. The van der Waals surface area contributed by atoms with E-state index in [0.717, 1.165) is 29.5 Å². The monoisotopic (exact) mass is 313 g/mol. The number of primary amides is 1. The number of hydrogen-bond acceptors (Lipinski definition) is 4. The normalized spacial score (nSPS) is 10.4. The molecular formula is C17H19N3O3. The Bertz CT molecular complexity index is 687. The number of non-ortho nitro benzene ring substituents is 1. The number of nitrogens with one attached hydrogen (secondary N) is 1. The second-order valence-corrected chi connectivity index (χ2v) is 5.21. The highest BCUT2D eigenvalue weighted by Crippen LogP contribution is 2.28. The zero-order chi connectivity index (χ0) is 16.7. The number of rotatable bonds is 8. The molecule has 1 amide bonds.